The molecular weight excluding hydrogens is 352 g/mol. The van der Waals surface area contributed by atoms with E-state index in [2.05, 4.69) is 35.9 Å². The molecule has 5 heteroatoms. The number of aryl methyl sites for hydroxylation is 1. The van der Waals surface area contributed by atoms with Gasteiger partial charge in [0.2, 0.25) is 0 Å². The standard InChI is InChI=1S/C23H24N2O3/c1-4-25(5-2)19-9-7-18(8-10-19)24-15-20-11-13-22(28-20)21-12-6-17(23(26)27)14-16(21)3/h6-15H,4-5H2,1-3H3,(H,26,27). The SMILES string of the molecule is CCN(CC)c1ccc(N=Cc2ccc(-c3ccc(C(=O)O)cc3C)o2)cc1. The highest BCUT2D eigenvalue weighted by Crippen LogP contribution is 2.26. The number of carboxylic acid groups (broad SMARTS) is 1. The molecule has 0 aliphatic carbocycles. The fourth-order valence-corrected chi connectivity index (χ4v) is 3.12. The summed E-state index contributed by atoms with van der Waals surface area (Å²) in [6.07, 6.45) is 1.69. The predicted octanol–water partition coefficient (Wildman–Crippen LogP) is 5.55. The first kappa shape index (κ1) is 19.4. The Morgan fingerprint density at radius 2 is 1.79 bits per heavy atom. The maximum atomic E-state index is 11.1. The minimum atomic E-state index is -0.936. The zero-order valence-corrected chi connectivity index (χ0v) is 16.3. The minimum absolute atomic E-state index is 0.266. The van der Waals surface area contributed by atoms with Gasteiger partial charge in [-0.3, -0.25) is 4.99 Å². The molecule has 0 amide bonds. The van der Waals surface area contributed by atoms with E-state index in [1.54, 1.807) is 24.4 Å². The van der Waals surface area contributed by atoms with E-state index in [0.29, 0.717) is 11.5 Å². The number of hydrogen-bond acceptors (Lipinski definition) is 4. The summed E-state index contributed by atoms with van der Waals surface area (Å²) >= 11 is 0. The second-order valence-corrected chi connectivity index (χ2v) is 6.48. The molecule has 144 valence electrons. The van der Waals surface area contributed by atoms with Gasteiger partial charge in [-0.25, -0.2) is 4.79 Å². The molecule has 1 heterocycles. The second-order valence-electron chi connectivity index (χ2n) is 6.48. The molecule has 0 radical (unpaired) electrons. The van der Waals surface area contributed by atoms with E-state index < -0.39 is 5.97 Å². The van der Waals surface area contributed by atoms with E-state index in [1.807, 2.05) is 31.2 Å². The number of carbonyl (C=O) groups is 1. The Labute approximate surface area is 165 Å². The van der Waals surface area contributed by atoms with Crippen molar-refractivity contribution >= 4 is 23.6 Å². The predicted molar refractivity (Wildman–Crippen MR) is 113 cm³/mol. The van der Waals surface area contributed by atoms with Gasteiger partial charge in [0.1, 0.15) is 11.5 Å². The molecule has 3 aromatic rings. The summed E-state index contributed by atoms with van der Waals surface area (Å²) in [7, 11) is 0. The average molecular weight is 376 g/mol. The number of furan rings is 1. The van der Waals surface area contributed by atoms with Crippen LogP contribution in [0.15, 0.2) is 64.0 Å². The van der Waals surface area contributed by atoms with Gasteiger partial charge in [0.15, 0.2) is 0 Å². The third kappa shape index (κ3) is 4.31. The molecule has 0 aliphatic heterocycles. The van der Waals surface area contributed by atoms with Gasteiger partial charge in [-0.1, -0.05) is 6.07 Å². The fraction of sp³-hybridized carbons (Fsp3) is 0.217. The number of aromatic carboxylic acids is 1. The minimum Gasteiger partial charge on any atom is -0.478 e. The second kappa shape index (κ2) is 8.57. The third-order valence-corrected chi connectivity index (χ3v) is 4.68. The van der Waals surface area contributed by atoms with Crippen LogP contribution in [0.2, 0.25) is 0 Å². The molecule has 3 rings (SSSR count). The van der Waals surface area contributed by atoms with Crippen LogP contribution < -0.4 is 4.90 Å². The van der Waals surface area contributed by atoms with Crippen molar-refractivity contribution in [3.8, 4) is 11.3 Å². The third-order valence-electron chi connectivity index (χ3n) is 4.68. The number of anilines is 1. The lowest BCUT2D eigenvalue weighted by Crippen LogP contribution is -2.21. The molecule has 0 atom stereocenters. The quantitative estimate of drug-likeness (QED) is 0.549. The van der Waals surface area contributed by atoms with Crippen LogP contribution in [0, 0.1) is 6.92 Å². The summed E-state index contributed by atoms with van der Waals surface area (Å²) in [5, 5.41) is 9.09. The Balaban J connectivity index is 1.75. The number of benzene rings is 2. The average Bonchev–Trinajstić information content (AvgIpc) is 3.17. The van der Waals surface area contributed by atoms with E-state index in [0.717, 1.165) is 29.9 Å². The lowest BCUT2D eigenvalue weighted by molar-refractivity contribution is 0.0697. The molecule has 0 bridgehead atoms. The Hall–Kier alpha value is -3.34. The molecule has 0 fully saturated rings. The fourth-order valence-electron chi connectivity index (χ4n) is 3.12. The largest absolute Gasteiger partial charge is 0.478 e. The summed E-state index contributed by atoms with van der Waals surface area (Å²) in [5.41, 5.74) is 4.03. The van der Waals surface area contributed by atoms with E-state index in [4.69, 9.17) is 9.52 Å². The van der Waals surface area contributed by atoms with Crippen molar-refractivity contribution in [1.82, 2.24) is 0 Å². The zero-order chi connectivity index (χ0) is 20.1. The number of rotatable bonds is 7. The molecule has 0 saturated heterocycles. The van der Waals surface area contributed by atoms with E-state index >= 15 is 0 Å². The Kier molecular flexibility index (Phi) is 5.94. The maximum Gasteiger partial charge on any atom is 0.335 e. The van der Waals surface area contributed by atoms with Crippen LogP contribution in [-0.2, 0) is 0 Å². The molecule has 5 nitrogen and oxygen atoms in total. The lowest BCUT2D eigenvalue weighted by Gasteiger charge is -2.20. The van der Waals surface area contributed by atoms with Crippen molar-refractivity contribution in [2.75, 3.05) is 18.0 Å². The number of hydrogen-bond donors (Lipinski definition) is 1. The van der Waals surface area contributed by atoms with Gasteiger partial charge in [0.25, 0.3) is 0 Å². The van der Waals surface area contributed by atoms with Gasteiger partial charge in [0, 0.05) is 24.3 Å². The van der Waals surface area contributed by atoms with E-state index in [-0.39, 0.29) is 5.56 Å². The van der Waals surface area contributed by atoms with Crippen LogP contribution in [0.3, 0.4) is 0 Å². The first-order valence-corrected chi connectivity index (χ1v) is 9.35. The van der Waals surface area contributed by atoms with Gasteiger partial charge in [-0.15, -0.1) is 0 Å². The summed E-state index contributed by atoms with van der Waals surface area (Å²) in [5.74, 6) is 0.395. The smallest absolute Gasteiger partial charge is 0.335 e. The van der Waals surface area contributed by atoms with Crippen LogP contribution >= 0.6 is 0 Å². The first-order valence-electron chi connectivity index (χ1n) is 9.35. The summed E-state index contributed by atoms with van der Waals surface area (Å²) < 4.78 is 5.86. The van der Waals surface area contributed by atoms with Crippen molar-refractivity contribution < 1.29 is 14.3 Å². The number of carboxylic acids is 1. The molecular formula is C23H24N2O3. The Morgan fingerprint density at radius 1 is 1.07 bits per heavy atom. The lowest BCUT2D eigenvalue weighted by atomic mass is 10.0. The van der Waals surface area contributed by atoms with Crippen LogP contribution in [0.1, 0.15) is 35.5 Å². The Morgan fingerprint density at radius 3 is 2.39 bits per heavy atom. The molecule has 0 saturated carbocycles. The van der Waals surface area contributed by atoms with Gasteiger partial charge < -0.3 is 14.4 Å². The van der Waals surface area contributed by atoms with Crippen molar-refractivity contribution in [2.45, 2.75) is 20.8 Å². The van der Waals surface area contributed by atoms with Crippen molar-refractivity contribution in [3.05, 3.63) is 71.5 Å². The van der Waals surface area contributed by atoms with Gasteiger partial charge in [0.05, 0.1) is 17.5 Å². The molecule has 2 aromatic carbocycles. The highest BCUT2D eigenvalue weighted by Gasteiger charge is 2.10. The summed E-state index contributed by atoms with van der Waals surface area (Å²) in [6, 6.07) is 16.8. The van der Waals surface area contributed by atoms with Crippen LogP contribution in [-0.4, -0.2) is 30.4 Å². The molecule has 1 N–H and O–H groups in total. The van der Waals surface area contributed by atoms with E-state index in [1.165, 1.54) is 5.69 Å². The molecule has 0 unspecified atom stereocenters. The van der Waals surface area contributed by atoms with Gasteiger partial charge >= 0.3 is 5.97 Å². The normalized spacial score (nSPS) is 11.1. The Bertz CT molecular complexity index is 983. The number of aliphatic imine (C=N–C) groups is 1. The van der Waals surface area contributed by atoms with Crippen molar-refractivity contribution in [3.63, 3.8) is 0 Å². The topological polar surface area (TPSA) is 66.0 Å². The van der Waals surface area contributed by atoms with Crippen molar-refractivity contribution in [2.24, 2.45) is 4.99 Å². The molecule has 0 aliphatic rings. The maximum absolute atomic E-state index is 11.1. The summed E-state index contributed by atoms with van der Waals surface area (Å²) in [6.45, 7) is 8.10. The molecule has 28 heavy (non-hydrogen) atoms. The van der Waals surface area contributed by atoms with Crippen molar-refractivity contribution in [1.29, 1.82) is 0 Å². The van der Waals surface area contributed by atoms with E-state index in [9.17, 15) is 4.79 Å². The zero-order valence-electron chi connectivity index (χ0n) is 16.3. The highest BCUT2D eigenvalue weighted by molar-refractivity contribution is 5.89. The van der Waals surface area contributed by atoms with Gasteiger partial charge in [-0.2, -0.15) is 0 Å². The van der Waals surface area contributed by atoms with Gasteiger partial charge in [-0.05, 0) is 74.9 Å². The number of nitrogens with zero attached hydrogens (tertiary/aromatic N) is 2. The van der Waals surface area contributed by atoms with Crippen LogP contribution in [0.5, 0.6) is 0 Å². The first-order chi connectivity index (χ1) is 13.5. The molecule has 1 aromatic heterocycles. The molecule has 0 spiro atoms. The highest BCUT2D eigenvalue weighted by atomic mass is 16.4. The van der Waals surface area contributed by atoms with Crippen LogP contribution in [0.25, 0.3) is 11.3 Å². The van der Waals surface area contributed by atoms with Crippen LogP contribution in [0.4, 0.5) is 11.4 Å². The monoisotopic (exact) mass is 376 g/mol. The summed E-state index contributed by atoms with van der Waals surface area (Å²) in [4.78, 5) is 17.8.